The number of nitrogens with zero attached hydrogens (tertiary/aromatic N) is 3. The molecule has 0 fully saturated rings. The average Bonchev–Trinajstić information content (AvgIpc) is 3.37. The minimum atomic E-state index is -4.79. The summed E-state index contributed by atoms with van der Waals surface area (Å²) in [5.74, 6) is -1.62. The second-order valence-electron chi connectivity index (χ2n) is 9.37. The Morgan fingerprint density at radius 2 is 1.92 bits per heavy atom. The van der Waals surface area contributed by atoms with E-state index >= 15 is 0 Å². The fraction of sp³-hybridized carbons (Fsp3) is 0.357. The second-order valence-corrected chi connectivity index (χ2v) is 9.78. The number of aliphatic imine (C=N–C) groups is 1. The topological polar surface area (TPSA) is 55.2 Å². The first kappa shape index (κ1) is 26.9. The Kier molecular flexibility index (Phi) is 8.07. The van der Waals surface area contributed by atoms with Crippen LogP contribution in [0.25, 0.3) is 11.3 Å². The van der Waals surface area contributed by atoms with Crippen molar-refractivity contribution in [3.05, 3.63) is 81.5 Å². The third kappa shape index (κ3) is 6.60. The number of ketones is 1. The van der Waals surface area contributed by atoms with Crippen molar-refractivity contribution in [3.63, 3.8) is 0 Å². The van der Waals surface area contributed by atoms with Crippen LogP contribution in [-0.4, -0.2) is 28.0 Å². The molecule has 2 aromatic heterocycles. The van der Waals surface area contributed by atoms with E-state index in [1.54, 1.807) is 24.4 Å². The zero-order valence-electron chi connectivity index (χ0n) is 20.5. The Balaban J connectivity index is 1.70. The number of halogens is 5. The summed E-state index contributed by atoms with van der Waals surface area (Å²) < 4.78 is 55.0. The van der Waals surface area contributed by atoms with Gasteiger partial charge in [-0.15, -0.1) is 0 Å². The first-order valence-corrected chi connectivity index (χ1v) is 12.4. The summed E-state index contributed by atoms with van der Waals surface area (Å²) in [5.41, 5.74) is 1.80. The number of pyridine rings is 2. The van der Waals surface area contributed by atoms with Gasteiger partial charge in [-0.2, -0.15) is 13.2 Å². The first-order valence-electron chi connectivity index (χ1n) is 12.1. The molecule has 0 amide bonds. The number of benzene rings is 1. The van der Waals surface area contributed by atoms with Gasteiger partial charge in [-0.3, -0.25) is 14.8 Å². The third-order valence-electron chi connectivity index (χ3n) is 6.45. The number of aromatic nitrogens is 2. The van der Waals surface area contributed by atoms with Crippen molar-refractivity contribution in [1.82, 2.24) is 9.97 Å². The number of hydrogen-bond donors (Lipinski definition) is 0. The van der Waals surface area contributed by atoms with Gasteiger partial charge in [0.05, 0.1) is 11.3 Å². The normalized spacial score (nSPS) is 14.5. The van der Waals surface area contributed by atoms with Gasteiger partial charge in [0.15, 0.2) is 5.78 Å². The van der Waals surface area contributed by atoms with Gasteiger partial charge in [-0.1, -0.05) is 18.5 Å². The first-order chi connectivity index (χ1) is 17.5. The van der Waals surface area contributed by atoms with E-state index < -0.39 is 17.6 Å². The van der Waals surface area contributed by atoms with Crippen LogP contribution in [0.3, 0.4) is 0 Å². The van der Waals surface area contributed by atoms with Crippen LogP contribution in [0.4, 0.5) is 17.6 Å². The molecule has 194 valence electrons. The molecule has 3 aromatic rings. The van der Waals surface area contributed by atoms with Crippen molar-refractivity contribution in [1.29, 1.82) is 0 Å². The van der Waals surface area contributed by atoms with Crippen molar-refractivity contribution in [2.24, 2.45) is 4.99 Å². The van der Waals surface area contributed by atoms with Crippen LogP contribution in [0.1, 0.15) is 71.4 Å². The number of Topliss-reactive ketones (excluding diaryl/α,β-unsaturated/α-hetero) is 1. The van der Waals surface area contributed by atoms with E-state index in [9.17, 15) is 22.4 Å². The summed E-state index contributed by atoms with van der Waals surface area (Å²) in [5, 5.41) is 0.539. The molecular weight excluding hydrogens is 506 g/mol. The van der Waals surface area contributed by atoms with Crippen LogP contribution >= 0.6 is 11.6 Å². The maximum Gasteiger partial charge on any atom is 0.417 e. The Labute approximate surface area is 217 Å². The lowest BCUT2D eigenvalue weighted by Crippen LogP contribution is -2.12. The van der Waals surface area contributed by atoms with Crippen LogP contribution < -0.4 is 0 Å². The highest BCUT2D eigenvalue weighted by Gasteiger charge is 2.35. The predicted octanol–water partition coefficient (Wildman–Crippen LogP) is 7.81. The zero-order valence-corrected chi connectivity index (χ0v) is 21.3. The van der Waals surface area contributed by atoms with E-state index in [2.05, 4.69) is 15.0 Å². The van der Waals surface area contributed by atoms with Crippen LogP contribution in [0.15, 0.2) is 47.6 Å². The quantitative estimate of drug-likeness (QED) is 0.220. The summed E-state index contributed by atoms with van der Waals surface area (Å²) in [6.07, 6.45) is -0.0811. The monoisotopic (exact) mass is 531 g/mol. The number of rotatable bonds is 8. The summed E-state index contributed by atoms with van der Waals surface area (Å²) in [6, 6.07) is 7.34. The highest BCUT2D eigenvalue weighted by molar-refractivity contribution is 6.31. The molecular formula is C28H26ClF4N3O. The zero-order chi connectivity index (χ0) is 26.7. The molecule has 0 radical (unpaired) electrons. The molecule has 0 spiro atoms. The Morgan fingerprint density at radius 3 is 2.59 bits per heavy atom. The summed E-state index contributed by atoms with van der Waals surface area (Å²) in [6.45, 7) is 4.43. The lowest BCUT2D eigenvalue weighted by molar-refractivity contribution is -0.137. The Morgan fingerprint density at radius 1 is 1.14 bits per heavy atom. The smallest absolute Gasteiger partial charge is 0.294 e. The van der Waals surface area contributed by atoms with Gasteiger partial charge in [0.1, 0.15) is 11.5 Å². The van der Waals surface area contributed by atoms with Crippen molar-refractivity contribution in [2.45, 2.75) is 58.0 Å². The van der Waals surface area contributed by atoms with Gasteiger partial charge in [-0.25, -0.2) is 9.37 Å². The van der Waals surface area contributed by atoms with Gasteiger partial charge < -0.3 is 0 Å². The number of hydrogen-bond acceptors (Lipinski definition) is 4. The Bertz CT molecular complexity index is 1350. The molecule has 0 N–H and O–H groups in total. The minimum Gasteiger partial charge on any atom is -0.294 e. The average molecular weight is 532 g/mol. The van der Waals surface area contributed by atoms with E-state index in [0.29, 0.717) is 35.2 Å². The van der Waals surface area contributed by atoms with Crippen LogP contribution in [0.2, 0.25) is 5.02 Å². The molecule has 4 rings (SSSR count). The maximum atomic E-state index is 13.8. The SMILES string of the molecule is Cc1cnc(C(C)CC(=O)c2cc(CCC3=NCCC3)cc(-c3ccc(F)cc3C(F)(F)F)n2)cc1Cl. The van der Waals surface area contributed by atoms with Gasteiger partial charge in [0.25, 0.3) is 0 Å². The van der Waals surface area contributed by atoms with Gasteiger partial charge >= 0.3 is 6.18 Å². The van der Waals surface area contributed by atoms with Gasteiger partial charge in [0, 0.05) is 47.1 Å². The van der Waals surface area contributed by atoms with E-state index in [1.165, 1.54) is 0 Å². The molecule has 1 atom stereocenters. The summed E-state index contributed by atoms with van der Waals surface area (Å²) in [4.78, 5) is 26.4. The van der Waals surface area contributed by atoms with Crippen LogP contribution in [0.5, 0.6) is 0 Å². The number of alkyl halides is 3. The van der Waals surface area contributed by atoms with E-state index in [4.69, 9.17) is 11.6 Å². The molecule has 1 aliphatic rings. The van der Waals surface area contributed by atoms with Crippen LogP contribution in [-0.2, 0) is 12.6 Å². The van der Waals surface area contributed by atoms with E-state index in [1.807, 2.05) is 13.8 Å². The van der Waals surface area contributed by atoms with Crippen molar-refractivity contribution >= 4 is 23.1 Å². The maximum absolute atomic E-state index is 13.8. The molecule has 1 aromatic carbocycles. The van der Waals surface area contributed by atoms with Crippen LogP contribution in [0, 0.1) is 12.7 Å². The second kappa shape index (κ2) is 11.1. The minimum absolute atomic E-state index is 0.0225. The van der Waals surface area contributed by atoms with E-state index in [-0.39, 0.29) is 35.1 Å². The molecule has 9 heteroatoms. The van der Waals surface area contributed by atoms with Gasteiger partial charge in [0.2, 0.25) is 0 Å². The largest absolute Gasteiger partial charge is 0.417 e. The predicted molar refractivity (Wildman–Crippen MR) is 136 cm³/mol. The number of aryl methyl sites for hydroxylation is 2. The molecule has 37 heavy (non-hydrogen) atoms. The standard InChI is InChI=1S/C28H26ClF4N3O/c1-16(24-14-23(29)17(2)15-35-24)10-27(37)26-12-18(5-7-20-4-3-9-34-20)11-25(36-26)21-8-6-19(30)13-22(21)28(31,32)33/h6,8,11-16H,3-5,7,9-10H2,1-2H3. The molecule has 0 saturated carbocycles. The van der Waals surface area contributed by atoms with Crippen molar-refractivity contribution in [2.75, 3.05) is 6.54 Å². The molecule has 3 heterocycles. The molecule has 1 unspecified atom stereocenters. The lowest BCUT2D eigenvalue weighted by Gasteiger charge is -2.16. The molecule has 0 aliphatic carbocycles. The highest BCUT2D eigenvalue weighted by atomic mass is 35.5. The van der Waals surface area contributed by atoms with Crippen molar-refractivity contribution < 1.29 is 22.4 Å². The summed E-state index contributed by atoms with van der Waals surface area (Å²) >= 11 is 6.21. The number of carbonyl (C=O) groups excluding carboxylic acids is 1. The van der Waals surface area contributed by atoms with Crippen molar-refractivity contribution in [3.8, 4) is 11.3 Å². The Hall–Kier alpha value is -3.13. The lowest BCUT2D eigenvalue weighted by atomic mass is 9.95. The third-order valence-corrected chi connectivity index (χ3v) is 6.86. The molecule has 0 bridgehead atoms. The number of carbonyl (C=O) groups is 1. The van der Waals surface area contributed by atoms with E-state index in [0.717, 1.165) is 42.8 Å². The molecule has 1 aliphatic heterocycles. The fourth-order valence-corrected chi connectivity index (χ4v) is 4.51. The fourth-order valence-electron chi connectivity index (χ4n) is 4.35. The molecule has 0 saturated heterocycles. The molecule has 4 nitrogen and oxygen atoms in total. The highest BCUT2D eigenvalue weighted by Crippen LogP contribution is 2.37. The van der Waals surface area contributed by atoms with Gasteiger partial charge in [-0.05, 0) is 80.1 Å². The summed E-state index contributed by atoms with van der Waals surface area (Å²) in [7, 11) is 0.